The molecule has 0 atom stereocenters. The van der Waals surface area contributed by atoms with Gasteiger partial charge in [0.25, 0.3) is 5.89 Å². The molecule has 0 bridgehead atoms. The van der Waals surface area contributed by atoms with Crippen molar-refractivity contribution in [3.8, 4) is 11.5 Å². The van der Waals surface area contributed by atoms with Crippen LogP contribution in [0.15, 0.2) is 22.7 Å². The summed E-state index contributed by atoms with van der Waals surface area (Å²) in [7, 11) is 0. The van der Waals surface area contributed by atoms with Crippen molar-refractivity contribution in [2.75, 3.05) is 6.61 Å². The van der Waals surface area contributed by atoms with Gasteiger partial charge in [0.15, 0.2) is 5.82 Å². The molecule has 1 aromatic carbocycles. The molecule has 0 spiro atoms. The van der Waals surface area contributed by atoms with Crippen LogP contribution in [-0.2, 0) is 17.8 Å². The third-order valence-electron chi connectivity index (χ3n) is 4.14. The molecule has 0 unspecified atom stereocenters. The highest BCUT2D eigenvalue weighted by Crippen LogP contribution is 2.35. The highest BCUT2D eigenvalue weighted by molar-refractivity contribution is 5.56. The molecule has 1 aromatic heterocycles. The first-order valence-corrected chi connectivity index (χ1v) is 6.94. The van der Waals surface area contributed by atoms with Crippen molar-refractivity contribution in [2.24, 2.45) is 0 Å². The number of benzene rings is 1. The van der Waals surface area contributed by atoms with Crippen molar-refractivity contribution in [3.63, 3.8) is 0 Å². The van der Waals surface area contributed by atoms with Crippen LogP contribution in [0.25, 0.3) is 11.5 Å². The molecule has 2 heterocycles. The summed E-state index contributed by atoms with van der Waals surface area (Å²) in [5, 5.41) is 4.12. The van der Waals surface area contributed by atoms with Gasteiger partial charge >= 0.3 is 0 Å². The van der Waals surface area contributed by atoms with Gasteiger partial charge in [-0.2, -0.15) is 4.98 Å². The van der Waals surface area contributed by atoms with Crippen molar-refractivity contribution < 1.29 is 9.26 Å². The second kappa shape index (κ2) is 4.46. The van der Waals surface area contributed by atoms with E-state index in [1.165, 1.54) is 30.4 Å². The number of hydrogen-bond donors (Lipinski definition) is 0. The fourth-order valence-electron chi connectivity index (χ4n) is 2.68. The fourth-order valence-corrected chi connectivity index (χ4v) is 2.68. The summed E-state index contributed by atoms with van der Waals surface area (Å²) in [5.74, 6) is 2.04. The van der Waals surface area contributed by atoms with Gasteiger partial charge in [0.2, 0.25) is 0 Å². The third kappa shape index (κ3) is 1.96. The Morgan fingerprint density at radius 2 is 2.11 bits per heavy atom. The molecule has 0 radical (unpaired) electrons. The molecule has 1 aliphatic carbocycles. The molecular weight excluding hydrogens is 240 g/mol. The summed E-state index contributed by atoms with van der Waals surface area (Å²) < 4.78 is 10.9. The zero-order valence-electron chi connectivity index (χ0n) is 10.8. The first kappa shape index (κ1) is 11.2. The summed E-state index contributed by atoms with van der Waals surface area (Å²) in [6.07, 6.45) is 4.64. The summed E-state index contributed by atoms with van der Waals surface area (Å²) in [6.45, 7) is 1.51. The van der Waals surface area contributed by atoms with Crippen molar-refractivity contribution in [1.29, 1.82) is 0 Å². The lowest BCUT2D eigenvalue weighted by atomic mass is 9.85. The van der Waals surface area contributed by atoms with Crippen LogP contribution in [0.5, 0.6) is 0 Å². The lowest BCUT2D eigenvalue weighted by molar-refractivity contribution is 0.111. The molecule has 2 aromatic rings. The third-order valence-corrected chi connectivity index (χ3v) is 4.14. The van der Waals surface area contributed by atoms with E-state index < -0.39 is 0 Å². The van der Waals surface area contributed by atoms with Crippen LogP contribution in [0.1, 0.15) is 42.1 Å². The van der Waals surface area contributed by atoms with Crippen LogP contribution in [0.4, 0.5) is 0 Å². The average Bonchev–Trinajstić information content (AvgIpc) is 2.85. The average molecular weight is 256 g/mol. The molecule has 4 rings (SSSR count). The van der Waals surface area contributed by atoms with Gasteiger partial charge in [-0.25, -0.2) is 0 Å². The van der Waals surface area contributed by atoms with Crippen molar-refractivity contribution in [2.45, 2.75) is 38.2 Å². The van der Waals surface area contributed by atoms with Gasteiger partial charge in [-0.3, -0.25) is 0 Å². The predicted molar refractivity (Wildman–Crippen MR) is 69.7 cm³/mol. The minimum Gasteiger partial charge on any atom is -0.376 e. The zero-order chi connectivity index (χ0) is 12.7. The highest BCUT2D eigenvalue weighted by Gasteiger charge is 2.25. The lowest BCUT2D eigenvalue weighted by Gasteiger charge is -2.20. The van der Waals surface area contributed by atoms with E-state index in [-0.39, 0.29) is 0 Å². The number of rotatable bonds is 2. The van der Waals surface area contributed by atoms with Crippen LogP contribution < -0.4 is 0 Å². The summed E-state index contributed by atoms with van der Waals surface area (Å²) >= 11 is 0. The number of ether oxygens (including phenoxy) is 1. The zero-order valence-corrected chi connectivity index (χ0v) is 10.8. The molecule has 4 heteroatoms. The Morgan fingerprint density at radius 1 is 1.16 bits per heavy atom. The van der Waals surface area contributed by atoms with Crippen LogP contribution in [-0.4, -0.2) is 16.7 Å². The highest BCUT2D eigenvalue weighted by atomic mass is 16.5. The Balaban J connectivity index is 1.65. The normalized spacial score (nSPS) is 18.9. The maximum atomic E-state index is 5.45. The summed E-state index contributed by atoms with van der Waals surface area (Å²) in [5.41, 5.74) is 3.64. The molecule has 1 aliphatic heterocycles. The molecule has 98 valence electrons. The number of hydrogen-bond acceptors (Lipinski definition) is 4. The van der Waals surface area contributed by atoms with Crippen molar-refractivity contribution in [3.05, 3.63) is 35.2 Å². The molecule has 19 heavy (non-hydrogen) atoms. The summed E-state index contributed by atoms with van der Waals surface area (Å²) in [4.78, 5) is 4.54. The van der Waals surface area contributed by atoms with Gasteiger partial charge in [-0.15, -0.1) is 0 Å². The predicted octanol–water partition coefficient (Wildman–Crippen LogP) is 3.08. The number of nitrogens with zero attached hydrogens (tertiary/aromatic N) is 2. The van der Waals surface area contributed by atoms with Gasteiger partial charge < -0.3 is 9.26 Å². The Kier molecular flexibility index (Phi) is 2.62. The first-order chi connectivity index (χ1) is 9.40. The number of aromatic nitrogens is 2. The maximum absolute atomic E-state index is 5.45. The second-order valence-electron chi connectivity index (χ2n) is 5.37. The van der Waals surface area contributed by atoms with Crippen molar-refractivity contribution >= 4 is 0 Å². The van der Waals surface area contributed by atoms with Crippen LogP contribution >= 0.6 is 0 Å². The van der Waals surface area contributed by atoms with Crippen LogP contribution in [0, 0.1) is 0 Å². The van der Waals surface area contributed by atoms with E-state index in [0.717, 1.165) is 24.4 Å². The van der Waals surface area contributed by atoms with E-state index in [4.69, 9.17) is 9.26 Å². The first-order valence-electron chi connectivity index (χ1n) is 6.94. The number of fused-ring (bicyclic) bond motifs is 1. The standard InChI is InChI=1S/C15H16N2O2/c1-2-10(3-1)14-16-15(19-17-14)12-4-5-13-9-18-7-6-11(13)8-12/h4-5,8,10H,1-3,6-7,9H2. The summed E-state index contributed by atoms with van der Waals surface area (Å²) in [6, 6.07) is 6.32. The minimum absolute atomic E-state index is 0.517. The van der Waals surface area contributed by atoms with E-state index in [9.17, 15) is 0 Å². The van der Waals surface area contributed by atoms with Gasteiger partial charge in [0, 0.05) is 11.5 Å². The molecule has 2 aliphatic rings. The van der Waals surface area contributed by atoms with Crippen LogP contribution in [0.3, 0.4) is 0 Å². The monoisotopic (exact) mass is 256 g/mol. The largest absolute Gasteiger partial charge is 0.376 e. The van der Waals surface area contributed by atoms with Crippen LogP contribution in [0.2, 0.25) is 0 Å². The van der Waals surface area contributed by atoms with Crippen molar-refractivity contribution in [1.82, 2.24) is 10.1 Å². The Bertz CT molecular complexity index is 602. The molecular formula is C15H16N2O2. The van der Waals surface area contributed by atoms with E-state index in [0.29, 0.717) is 18.4 Å². The van der Waals surface area contributed by atoms with Gasteiger partial charge in [0.1, 0.15) is 0 Å². The molecule has 1 fully saturated rings. The minimum atomic E-state index is 0.517. The van der Waals surface area contributed by atoms with Gasteiger partial charge in [-0.05, 0) is 42.5 Å². The quantitative estimate of drug-likeness (QED) is 0.828. The second-order valence-corrected chi connectivity index (χ2v) is 5.37. The SMILES string of the molecule is c1cc2c(cc1-c1nc(C3CCC3)no1)CCOC2. The molecule has 0 amide bonds. The van der Waals surface area contributed by atoms with Gasteiger partial charge in [0.05, 0.1) is 13.2 Å². The van der Waals surface area contributed by atoms with Gasteiger partial charge in [-0.1, -0.05) is 17.6 Å². The lowest BCUT2D eigenvalue weighted by Crippen LogP contribution is -2.10. The van der Waals surface area contributed by atoms with E-state index in [2.05, 4.69) is 22.3 Å². The van der Waals surface area contributed by atoms with E-state index in [1.807, 2.05) is 6.07 Å². The Hall–Kier alpha value is -1.68. The maximum Gasteiger partial charge on any atom is 0.257 e. The fraction of sp³-hybridized carbons (Fsp3) is 0.467. The molecule has 0 N–H and O–H groups in total. The Labute approximate surface area is 111 Å². The smallest absolute Gasteiger partial charge is 0.257 e. The Morgan fingerprint density at radius 3 is 2.95 bits per heavy atom. The van der Waals surface area contributed by atoms with E-state index >= 15 is 0 Å². The molecule has 0 saturated heterocycles. The molecule has 1 saturated carbocycles. The molecule has 4 nitrogen and oxygen atoms in total. The topological polar surface area (TPSA) is 48.2 Å². The van der Waals surface area contributed by atoms with E-state index in [1.54, 1.807) is 0 Å².